The number of ketones is 1. The lowest BCUT2D eigenvalue weighted by atomic mass is 9.86. The largest absolute Gasteiger partial charge is 0.445 e. The van der Waals surface area contributed by atoms with Crippen LogP contribution in [0, 0.1) is 11.9 Å². The number of hydrogen-bond donors (Lipinski definition) is 0. The summed E-state index contributed by atoms with van der Waals surface area (Å²) in [5.41, 5.74) is 1.11. The van der Waals surface area contributed by atoms with Crippen molar-refractivity contribution in [2.75, 3.05) is 0 Å². The first-order valence-electron chi connectivity index (χ1n) is 9.27. The molecule has 2 bridgehead atoms. The van der Waals surface area contributed by atoms with Crippen LogP contribution in [-0.2, 0) is 11.3 Å². The van der Waals surface area contributed by atoms with Gasteiger partial charge < -0.3 is 9.64 Å². The number of halogens is 1. The number of Topliss-reactive ketones (excluding diaryl/α,β-unsaturated/α-hetero) is 1. The highest BCUT2D eigenvalue weighted by molar-refractivity contribution is 5.96. The first kappa shape index (κ1) is 17.6. The van der Waals surface area contributed by atoms with Crippen LogP contribution in [0.4, 0.5) is 9.18 Å². The molecule has 2 saturated heterocycles. The molecule has 2 aromatic rings. The van der Waals surface area contributed by atoms with Crippen molar-refractivity contribution < 1.29 is 18.7 Å². The summed E-state index contributed by atoms with van der Waals surface area (Å²) in [7, 11) is 0. The predicted octanol–water partition coefficient (Wildman–Crippen LogP) is 3.98. The number of piperidine rings is 1. The van der Waals surface area contributed by atoms with Gasteiger partial charge in [0.1, 0.15) is 12.3 Å². The van der Waals surface area contributed by atoms with Crippen LogP contribution in [0.2, 0.25) is 0 Å². The molecule has 5 nitrogen and oxygen atoms in total. The van der Waals surface area contributed by atoms with Gasteiger partial charge in [0.25, 0.3) is 0 Å². The van der Waals surface area contributed by atoms with E-state index in [0.29, 0.717) is 12.8 Å². The van der Waals surface area contributed by atoms with Gasteiger partial charge in [-0.15, -0.1) is 0 Å². The highest BCUT2D eigenvalue weighted by Gasteiger charge is 2.46. The number of carbonyl (C=O) groups excluding carboxylic acids is 2. The lowest BCUT2D eigenvalue weighted by molar-refractivity contribution is 0.0483. The van der Waals surface area contributed by atoms with Crippen LogP contribution in [0.1, 0.15) is 41.7 Å². The maximum atomic E-state index is 13.3. The summed E-state index contributed by atoms with van der Waals surface area (Å²) in [6, 6.07) is 13.8. The molecule has 4 rings (SSSR count). The van der Waals surface area contributed by atoms with Gasteiger partial charge in [-0.2, -0.15) is 4.39 Å². The lowest BCUT2D eigenvalue weighted by Gasteiger charge is -2.37. The maximum Gasteiger partial charge on any atom is 0.410 e. The van der Waals surface area contributed by atoms with Crippen LogP contribution in [-0.4, -0.2) is 33.8 Å². The quantitative estimate of drug-likeness (QED) is 0.605. The zero-order valence-corrected chi connectivity index (χ0v) is 14.9. The Kier molecular flexibility index (Phi) is 4.88. The maximum absolute atomic E-state index is 13.3. The Morgan fingerprint density at radius 2 is 1.74 bits per heavy atom. The number of benzene rings is 1. The summed E-state index contributed by atoms with van der Waals surface area (Å²) in [4.78, 5) is 30.8. The van der Waals surface area contributed by atoms with Gasteiger partial charge in [-0.1, -0.05) is 36.4 Å². The number of hydrogen-bond acceptors (Lipinski definition) is 4. The molecule has 0 saturated carbocycles. The Labute approximate surface area is 157 Å². The number of ether oxygens (including phenoxy) is 1. The molecule has 2 fully saturated rings. The van der Waals surface area contributed by atoms with Gasteiger partial charge >= 0.3 is 6.09 Å². The van der Waals surface area contributed by atoms with Gasteiger partial charge in [0.2, 0.25) is 5.95 Å². The zero-order chi connectivity index (χ0) is 18.8. The number of rotatable bonds is 4. The van der Waals surface area contributed by atoms with Crippen LogP contribution in [0.25, 0.3) is 0 Å². The fourth-order valence-electron chi connectivity index (χ4n) is 4.24. The Morgan fingerprint density at radius 1 is 1.04 bits per heavy atom. The Balaban J connectivity index is 1.40. The van der Waals surface area contributed by atoms with Gasteiger partial charge in [-0.05, 0) is 43.4 Å². The highest BCUT2D eigenvalue weighted by atomic mass is 19.1. The average molecular weight is 368 g/mol. The summed E-state index contributed by atoms with van der Waals surface area (Å²) < 4.78 is 18.8. The zero-order valence-electron chi connectivity index (χ0n) is 14.9. The molecule has 2 unspecified atom stereocenters. The normalized spacial score (nSPS) is 23.9. The van der Waals surface area contributed by atoms with E-state index in [0.717, 1.165) is 18.4 Å². The summed E-state index contributed by atoms with van der Waals surface area (Å²) in [5.74, 6) is -1.01. The van der Waals surface area contributed by atoms with E-state index in [2.05, 4.69) is 4.98 Å². The van der Waals surface area contributed by atoms with Crippen molar-refractivity contribution in [1.29, 1.82) is 0 Å². The smallest absolute Gasteiger partial charge is 0.410 e. The summed E-state index contributed by atoms with van der Waals surface area (Å²) >= 11 is 0. The van der Waals surface area contributed by atoms with Crippen molar-refractivity contribution in [3.05, 3.63) is 65.7 Å². The molecule has 2 aliphatic heterocycles. The second-order valence-corrected chi connectivity index (χ2v) is 7.21. The van der Waals surface area contributed by atoms with Crippen LogP contribution >= 0.6 is 0 Å². The van der Waals surface area contributed by atoms with E-state index in [1.54, 1.807) is 11.0 Å². The van der Waals surface area contributed by atoms with E-state index in [1.165, 1.54) is 12.1 Å². The highest BCUT2D eigenvalue weighted by Crippen LogP contribution is 2.40. The molecule has 0 radical (unpaired) electrons. The summed E-state index contributed by atoms with van der Waals surface area (Å²) in [6.45, 7) is 0.241. The molecule has 2 aliphatic rings. The Bertz CT molecular complexity index is 828. The van der Waals surface area contributed by atoms with E-state index in [-0.39, 0.29) is 42.2 Å². The van der Waals surface area contributed by atoms with Gasteiger partial charge in [0.15, 0.2) is 5.78 Å². The molecule has 0 N–H and O–H groups in total. The minimum absolute atomic E-state index is 0.00506. The SMILES string of the molecule is O=C(c1cccc(F)n1)C1CC2CCC(C1)N2C(=O)OCc1ccccc1. The van der Waals surface area contributed by atoms with Gasteiger partial charge in [-0.3, -0.25) is 4.79 Å². The third-order valence-corrected chi connectivity index (χ3v) is 5.49. The standard InChI is InChI=1S/C21H21FN2O3/c22-19-8-4-7-18(23-19)20(25)15-11-16-9-10-17(12-15)24(16)21(26)27-13-14-5-2-1-3-6-14/h1-8,15-17H,9-13H2. The molecule has 3 heterocycles. The molecular weight excluding hydrogens is 347 g/mol. The van der Waals surface area contributed by atoms with Gasteiger partial charge in [0, 0.05) is 18.0 Å². The number of nitrogens with zero attached hydrogens (tertiary/aromatic N) is 2. The second-order valence-electron chi connectivity index (χ2n) is 7.21. The summed E-state index contributed by atoms with van der Waals surface area (Å²) in [6.07, 6.45) is 2.57. The molecule has 0 spiro atoms. The molecule has 0 aliphatic carbocycles. The minimum atomic E-state index is -0.647. The number of pyridine rings is 1. The number of fused-ring (bicyclic) bond motifs is 2. The molecule has 140 valence electrons. The molecule has 6 heteroatoms. The first-order chi connectivity index (χ1) is 13.1. The fourth-order valence-corrected chi connectivity index (χ4v) is 4.24. The van der Waals surface area contributed by atoms with Gasteiger partial charge in [0.05, 0.1) is 0 Å². The van der Waals surface area contributed by atoms with Crippen molar-refractivity contribution in [1.82, 2.24) is 9.88 Å². The molecular formula is C21H21FN2O3. The first-order valence-corrected chi connectivity index (χ1v) is 9.27. The lowest BCUT2D eigenvalue weighted by Crippen LogP contribution is -2.48. The van der Waals surface area contributed by atoms with E-state index in [1.807, 2.05) is 30.3 Å². The number of aromatic nitrogens is 1. The molecule has 1 aromatic heterocycles. The van der Waals surface area contributed by atoms with Crippen LogP contribution < -0.4 is 0 Å². The van der Waals surface area contributed by atoms with E-state index >= 15 is 0 Å². The van der Waals surface area contributed by atoms with Crippen LogP contribution in [0.15, 0.2) is 48.5 Å². The fraction of sp³-hybridized carbons (Fsp3) is 0.381. The third kappa shape index (κ3) is 3.70. The number of amides is 1. The van der Waals surface area contributed by atoms with E-state index < -0.39 is 5.95 Å². The van der Waals surface area contributed by atoms with Crippen molar-refractivity contribution in [2.24, 2.45) is 5.92 Å². The molecule has 1 aromatic carbocycles. The number of carbonyl (C=O) groups is 2. The van der Waals surface area contributed by atoms with E-state index in [9.17, 15) is 14.0 Å². The van der Waals surface area contributed by atoms with Crippen LogP contribution in [0.3, 0.4) is 0 Å². The van der Waals surface area contributed by atoms with E-state index in [4.69, 9.17) is 4.74 Å². The van der Waals surface area contributed by atoms with Crippen molar-refractivity contribution in [3.8, 4) is 0 Å². The minimum Gasteiger partial charge on any atom is -0.445 e. The Morgan fingerprint density at radius 3 is 2.41 bits per heavy atom. The van der Waals surface area contributed by atoms with Gasteiger partial charge in [-0.25, -0.2) is 9.78 Å². The third-order valence-electron chi connectivity index (χ3n) is 5.49. The Hall–Kier alpha value is -2.76. The topological polar surface area (TPSA) is 59.5 Å². The van der Waals surface area contributed by atoms with Crippen LogP contribution in [0.5, 0.6) is 0 Å². The van der Waals surface area contributed by atoms with Crippen molar-refractivity contribution in [2.45, 2.75) is 44.4 Å². The average Bonchev–Trinajstić information content (AvgIpc) is 2.96. The predicted molar refractivity (Wildman–Crippen MR) is 96.5 cm³/mol. The second kappa shape index (κ2) is 7.47. The molecule has 1 amide bonds. The molecule has 27 heavy (non-hydrogen) atoms. The van der Waals surface area contributed by atoms with Crippen molar-refractivity contribution in [3.63, 3.8) is 0 Å². The van der Waals surface area contributed by atoms with Crippen molar-refractivity contribution >= 4 is 11.9 Å². The molecule has 2 atom stereocenters. The monoisotopic (exact) mass is 368 g/mol. The summed E-state index contributed by atoms with van der Waals surface area (Å²) in [5, 5.41) is 0.